The van der Waals surface area contributed by atoms with Crippen molar-refractivity contribution in [3.63, 3.8) is 0 Å². The third kappa shape index (κ3) is 3.14. The molecule has 0 aromatic carbocycles. The molecule has 0 bridgehead atoms. The van der Waals surface area contributed by atoms with Gasteiger partial charge in [0.25, 0.3) is 0 Å². The van der Waals surface area contributed by atoms with E-state index >= 15 is 0 Å². The Labute approximate surface area is 149 Å². The van der Waals surface area contributed by atoms with Crippen molar-refractivity contribution < 1.29 is 4.79 Å². The Kier molecular flexibility index (Phi) is 4.22. The molecule has 0 aliphatic carbocycles. The van der Waals surface area contributed by atoms with Crippen molar-refractivity contribution in [2.75, 3.05) is 31.1 Å². The monoisotopic (exact) mass is 357 g/mol. The van der Waals surface area contributed by atoms with Crippen LogP contribution in [-0.4, -0.2) is 56.7 Å². The van der Waals surface area contributed by atoms with Gasteiger partial charge in [-0.1, -0.05) is 6.07 Å². The van der Waals surface area contributed by atoms with Crippen molar-refractivity contribution in [2.24, 2.45) is 0 Å². The number of carbonyl (C=O) groups is 1. The Hall–Kier alpha value is -2.68. The maximum Gasteiger partial charge on any atom is 0.317 e. The van der Waals surface area contributed by atoms with Crippen molar-refractivity contribution in [1.29, 1.82) is 0 Å². The summed E-state index contributed by atoms with van der Waals surface area (Å²) in [7, 11) is 0. The van der Waals surface area contributed by atoms with Gasteiger partial charge in [-0.25, -0.2) is 9.78 Å². The van der Waals surface area contributed by atoms with Gasteiger partial charge in [-0.15, -0.1) is 21.5 Å². The summed E-state index contributed by atoms with van der Waals surface area (Å²) in [6.45, 7) is 5.27. The van der Waals surface area contributed by atoms with Gasteiger partial charge in [0.2, 0.25) is 5.65 Å². The number of aryl methyl sites for hydroxylation is 1. The Balaban J connectivity index is 1.38. The number of anilines is 1. The van der Waals surface area contributed by atoms with Gasteiger partial charge < -0.3 is 15.1 Å². The first-order valence-corrected chi connectivity index (χ1v) is 9.07. The number of rotatable bonds is 3. The molecule has 0 radical (unpaired) electrons. The van der Waals surface area contributed by atoms with Crippen molar-refractivity contribution >= 4 is 28.8 Å². The van der Waals surface area contributed by atoms with E-state index in [0.717, 1.165) is 35.3 Å². The van der Waals surface area contributed by atoms with Crippen molar-refractivity contribution in [1.82, 2.24) is 29.8 Å². The van der Waals surface area contributed by atoms with Crippen LogP contribution in [0.1, 0.15) is 10.7 Å². The van der Waals surface area contributed by atoms with E-state index in [-0.39, 0.29) is 6.03 Å². The van der Waals surface area contributed by atoms with E-state index in [2.05, 4.69) is 25.4 Å². The van der Waals surface area contributed by atoms with Gasteiger partial charge in [-0.3, -0.25) is 4.40 Å². The minimum atomic E-state index is -0.0162. The van der Waals surface area contributed by atoms with Crippen molar-refractivity contribution in [2.45, 2.75) is 13.5 Å². The summed E-state index contributed by atoms with van der Waals surface area (Å²) in [6.07, 6.45) is 3.63. The number of nitrogens with zero attached hydrogens (tertiary/aromatic N) is 6. The highest BCUT2D eigenvalue weighted by atomic mass is 32.1. The van der Waals surface area contributed by atoms with Crippen LogP contribution in [0.5, 0.6) is 0 Å². The lowest BCUT2D eigenvalue weighted by Gasteiger charge is -2.35. The number of nitrogens with one attached hydrogen (secondary N) is 1. The number of aromatic nitrogens is 4. The second-order valence-corrected chi connectivity index (χ2v) is 6.94. The standard InChI is InChI=1S/C16H19N7OS/c1-12-19-20-15-14(17-4-5-23(12)15)21-6-8-22(9-7-21)16(24)18-11-13-3-2-10-25-13/h2-5,10H,6-9,11H2,1H3,(H,18,24). The van der Waals surface area contributed by atoms with Crippen LogP contribution in [0.25, 0.3) is 5.65 Å². The molecule has 0 saturated carbocycles. The SMILES string of the molecule is Cc1nnc2c(N3CCN(C(=O)NCc4cccs4)CC3)nccn12. The molecule has 1 aliphatic rings. The number of carbonyl (C=O) groups excluding carboxylic acids is 1. The quantitative estimate of drug-likeness (QED) is 0.769. The van der Waals surface area contributed by atoms with Crippen LogP contribution in [-0.2, 0) is 6.54 Å². The van der Waals surface area contributed by atoms with E-state index in [4.69, 9.17) is 0 Å². The van der Waals surface area contributed by atoms with Gasteiger partial charge >= 0.3 is 6.03 Å². The second-order valence-electron chi connectivity index (χ2n) is 5.90. The Morgan fingerprint density at radius 1 is 1.28 bits per heavy atom. The molecule has 1 saturated heterocycles. The smallest absolute Gasteiger partial charge is 0.317 e. The summed E-state index contributed by atoms with van der Waals surface area (Å²) in [4.78, 5) is 21.9. The van der Waals surface area contributed by atoms with E-state index < -0.39 is 0 Å². The van der Waals surface area contributed by atoms with Crippen LogP contribution in [0.4, 0.5) is 10.6 Å². The predicted molar refractivity (Wildman–Crippen MR) is 95.9 cm³/mol. The summed E-state index contributed by atoms with van der Waals surface area (Å²) in [5.41, 5.74) is 0.760. The van der Waals surface area contributed by atoms with Crippen LogP contribution < -0.4 is 10.2 Å². The number of hydrogen-bond donors (Lipinski definition) is 1. The molecule has 3 aromatic rings. The van der Waals surface area contributed by atoms with Gasteiger partial charge in [0.1, 0.15) is 5.82 Å². The topological polar surface area (TPSA) is 78.7 Å². The summed E-state index contributed by atoms with van der Waals surface area (Å²) < 4.78 is 1.93. The van der Waals surface area contributed by atoms with Gasteiger partial charge in [0.05, 0.1) is 6.54 Å². The number of hydrogen-bond acceptors (Lipinski definition) is 6. The average molecular weight is 357 g/mol. The van der Waals surface area contributed by atoms with Crippen molar-refractivity contribution in [3.05, 3.63) is 40.6 Å². The predicted octanol–water partition coefficient (Wildman–Crippen LogP) is 1.53. The molecule has 0 spiro atoms. The molecule has 1 aliphatic heterocycles. The molecule has 1 N–H and O–H groups in total. The molecule has 8 nitrogen and oxygen atoms in total. The Bertz CT molecular complexity index is 868. The van der Waals surface area contributed by atoms with Gasteiger partial charge in [0, 0.05) is 43.4 Å². The lowest BCUT2D eigenvalue weighted by atomic mass is 10.3. The number of fused-ring (bicyclic) bond motifs is 1. The zero-order valence-electron chi connectivity index (χ0n) is 13.9. The number of thiophene rings is 1. The van der Waals surface area contributed by atoms with Gasteiger partial charge in [-0.2, -0.15) is 0 Å². The van der Waals surface area contributed by atoms with Crippen LogP contribution in [0.15, 0.2) is 29.9 Å². The highest BCUT2D eigenvalue weighted by molar-refractivity contribution is 7.09. The minimum Gasteiger partial charge on any atom is -0.350 e. The van der Waals surface area contributed by atoms with E-state index in [9.17, 15) is 4.79 Å². The van der Waals surface area contributed by atoms with Crippen LogP contribution in [0.3, 0.4) is 0 Å². The third-order valence-electron chi connectivity index (χ3n) is 4.34. The Morgan fingerprint density at radius 3 is 2.88 bits per heavy atom. The highest BCUT2D eigenvalue weighted by Crippen LogP contribution is 2.19. The maximum absolute atomic E-state index is 12.3. The van der Waals surface area contributed by atoms with Gasteiger partial charge in [-0.05, 0) is 18.4 Å². The molecule has 0 unspecified atom stereocenters. The van der Waals surface area contributed by atoms with Gasteiger partial charge in [0.15, 0.2) is 5.82 Å². The van der Waals surface area contributed by atoms with Crippen LogP contribution >= 0.6 is 11.3 Å². The molecule has 0 atom stereocenters. The third-order valence-corrected chi connectivity index (χ3v) is 5.22. The average Bonchev–Trinajstić information content (AvgIpc) is 3.30. The van der Waals surface area contributed by atoms with E-state index in [1.807, 2.05) is 39.9 Å². The maximum atomic E-state index is 12.3. The zero-order valence-corrected chi connectivity index (χ0v) is 14.7. The van der Waals surface area contributed by atoms with Crippen LogP contribution in [0, 0.1) is 6.92 Å². The first-order chi connectivity index (χ1) is 12.2. The molecular weight excluding hydrogens is 338 g/mol. The number of amides is 2. The van der Waals surface area contributed by atoms with Crippen molar-refractivity contribution in [3.8, 4) is 0 Å². The lowest BCUT2D eigenvalue weighted by molar-refractivity contribution is 0.194. The Morgan fingerprint density at radius 2 is 2.12 bits per heavy atom. The van der Waals surface area contributed by atoms with E-state index in [1.54, 1.807) is 17.5 Å². The fraction of sp³-hybridized carbons (Fsp3) is 0.375. The molecular formula is C16H19N7OS. The fourth-order valence-corrected chi connectivity index (χ4v) is 3.61. The normalized spacial score (nSPS) is 14.9. The molecule has 4 rings (SSSR count). The molecule has 1 fully saturated rings. The fourth-order valence-electron chi connectivity index (χ4n) is 2.96. The van der Waals surface area contributed by atoms with Crippen LogP contribution in [0.2, 0.25) is 0 Å². The van der Waals surface area contributed by atoms with E-state index in [1.165, 1.54) is 0 Å². The highest BCUT2D eigenvalue weighted by Gasteiger charge is 2.23. The number of urea groups is 1. The molecule has 4 heterocycles. The number of piperazine rings is 1. The summed E-state index contributed by atoms with van der Waals surface area (Å²) in [6, 6.07) is 4.00. The van der Waals surface area contributed by atoms with E-state index in [0.29, 0.717) is 19.6 Å². The summed E-state index contributed by atoms with van der Waals surface area (Å²) >= 11 is 1.65. The molecule has 9 heteroatoms. The molecule has 130 valence electrons. The largest absolute Gasteiger partial charge is 0.350 e. The summed E-state index contributed by atoms with van der Waals surface area (Å²) in [5.74, 6) is 1.66. The molecule has 25 heavy (non-hydrogen) atoms. The molecule has 3 aromatic heterocycles. The first-order valence-electron chi connectivity index (χ1n) is 8.19. The minimum absolute atomic E-state index is 0.0162. The molecule has 2 amide bonds. The summed E-state index contributed by atoms with van der Waals surface area (Å²) in [5, 5.41) is 13.3. The first kappa shape index (κ1) is 15.8. The second kappa shape index (κ2) is 6.67. The lowest BCUT2D eigenvalue weighted by Crippen LogP contribution is -2.52. The zero-order chi connectivity index (χ0) is 17.2.